The first-order valence-electron chi connectivity index (χ1n) is 5.98. The molecule has 0 aromatic carbocycles. The van der Waals surface area contributed by atoms with Crippen LogP contribution in [0, 0.1) is 0 Å². The molecule has 0 saturated heterocycles. The summed E-state index contributed by atoms with van der Waals surface area (Å²) in [7, 11) is 0. The second-order valence-corrected chi connectivity index (χ2v) is 6.25. The number of carbonyl (C=O) groups excluding carboxylic acids is 1. The van der Waals surface area contributed by atoms with Gasteiger partial charge < -0.3 is 11.1 Å². The molecule has 1 fully saturated rings. The van der Waals surface area contributed by atoms with Crippen molar-refractivity contribution in [1.29, 1.82) is 0 Å². The van der Waals surface area contributed by atoms with Gasteiger partial charge in [-0.05, 0) is 40.2 Å². The number of hydrogen-bond acceptors (Lipinski definition) is 3. The van der Waals surface area contributed by atoms with Crippen LogP contribution in [0.15, 0.2) is 15.9 Å². The second-order valence-electron chi connectivity index (χ2n) is 4.48. The number of carbonyl (C=O) groups is 1. The van der Waals surface area contributed by atoms with E-state index in [9.17, 15) is 4.79 Å². The molecule has 1 aliphatic rings. The zero-order valence-electron chi connectivity index (χ0n) is 9.62. The zero-order chi connectivity index (χ0) is 12.3. The molecule has 0 spiro atoms. The molecule has 1 aromatic rings. The van der Waals surface area contributed by atoms with Gasteiger partial charge in [-0.3, -0.25) is 4.79 Å². The highest BCUT2D eigenvalue weighted by Gasteiger charge is 2.23. The minimum absolute atomic E-state index is 0.00535. The highest BCUT2D eigenvalue weighted by atomic mass is 79.9. The van der Waals surface area contributed by atoms with Crippen LogP contribution < -0.4 is 11.1 Å². The molecule has 1 aromatic heterocycles. The van der Waals surface area contributed by atoms with Crippen LogP contribution in [0.1, 0.15) is 41.8 Å². The van der Waals surface area contributed by atoms with Gasteiger partial charge in [-0.25, -0.2) is 0 Å². The van der Waals surface area contributed by atoms with Crippen molar-refractivity contribution in [2.45, 2.75) is 44.2 Å². The molecule has 5 heteroatoms. The Labute approximate surface area is 114 Å². The van der Waals surface area contributed by atoms with E-state index >= 15 is 0 Å². The van der Waals surface area contributed by atoms with Crippen molar-refractivity contribution < 1.29 is 4.79 Å². The molecular formula is C12H17BrN2OS. The van der Waals surface area contributed by atoms with Gasteiger partial charge in [0.1, 0.15) is 4.88 Å². The molecule has 0 aliphatic heterocycles. The van der Waals surface area contributed by atoms with Crippen LogP contribution in [-0.2, 0) is 0 Å². The normalized spacial score (nSPS) is 25.3. The molecule has 0 radical (unpaired) electrons. The minimum atomic E-state index is -0.00535. The van der Waals surface area contributed by atoms with Crippen molar-refractivity contribution in [3.05, 3.63) is 20.8 Å². The lowest BCUT2D eigenvalue weighted by molar-refractivity contribution is 0.0932. The van der Waals surface area contributed by atoms with Gasteiger partial charge in [-0.15, -0.1) is 11.3 Å². The summed E-state index contributed by atoms with van der Waals surface area (Å²) < 4.78 is 0.863. The quantitative estimate of drug-likeness (QED) is 0.824. The Hall–Kier alpha value is -0.390. The smallest absolute Gasteiger partial charge is 0.262 e. The third-order valence-corrected chi connectivity index (χ3v) is 5.05. The fourth-order valence-electron chi connectivity index (χ4n) is 2.21. The average Bonchev–Trinajstić information content (AvgIpc) is 2.63. The summed E-state index contributed by atoms with van der Waals surface area (Å²) in [6.45, 7) is 0. The molecule has 1 heterocycles. The van der Waals surface area contributed by atoms with E-state index in [-0.39, 0.29) is 18.0 Å². The topological polar surface area (TPSA) is 55.1 Å². The summed E-state index contributed by atoms with van der Waals surface area (Å²) in [4.78, 5) is 12.8. The summed E-state index contributed by atoms with van der Waals surface area (Å²) in [6.07, 6.45) is 5.57. The molecule has 94 valence electrons. The lowest BCUT2D eigenvalue weighted by atomic mass is 10.0. The van der Waals surface area contributed by atoms with Gasteiger partial charge in [0.05, 0.1) is 0 Å². The molecule has 2 atom stereocenters. The van der Waals surface area contributed by atoms with Gasteiger partial charge in [0.25, 0.3) is 5.91 Å². The van der Waals surface area contributed by atoms with Gasteiger partial charge in [0, 0.05) is 16.6 Å². The van der Waals surface area contributed by atoms with Crippen molar-refractivity contribution in [1.82, 2.24) is 5.32 Å². The Bertz CT molecular complexity index is 394. The largest absolute Gasteiger partial charge is 0.347 e. The van der Waals surface area contributed by atoms with E-state index in [4.69, 9.17) is 5.73 Å². The number of halogens is 1. The number of nitrogens with two attached hydrogens (primary N) is 1. The maximum absolute atomic E-state index is 12.1. The Balaban J connectivity index is 2.00. The third kappa shape index (κ3) is 3.30. The van der Waals surface area contributed by atoms with Crippen molar-refractivity contribution in [3.8, 4) is 0 Å². The zero-order valence-corrected chi connectivity index (χ0v) is 12.0. The van der Waals surface area contributed by atoms with Crippen molar-refractivity contribution >= 4 is 33.2 Å². The van der Waals surface area contributed by atoms with Crippen molar-refractivity contribution in [3.63, 3.8) is 0 Å². The number of nitrogens with one attached hydrogen (secondary N) is 1. The van der Waals surface area contributed by atoms with Crippen molar-refractivity contribution in [2.75, 3.05) is 0 Å². The first kappa shape index (κ1) is 13.1. The summed E-state index contributed by atoms with van der Waals surface area (Å²) in [5.74, 6) is -0.00535. The van der Waals surface area contributed by atoms with Crippen LogP contribution in [0.25, 0.3) is 0 Å². The standard InChI is InChI=1S/C12H17BrN2OS/c13-8-6-7-17-11(8)12(16)15-10-5-3-1-2-4-9(10)14/h6-7,9-10H,1-5,14H2,(H,15,16). The number of thiophene rings is 1. The number of amides is 1. The van der Waals surface area contributed by atoms with E-state index in [2.05, 4.69) is 21.2 Å². The van der Waals surface area contributed by atoms with E-state index in [0.717, 1.165) is 28.6 Å². The summed E-state index contributed by atoms with van der Waals surface area (Å²) >= 11 is 4.83. The highest BCUT2D eigenvalue weighted by Crippen LogP contribution is 2.23. The fourth-order valence-corrected chi connectivity index (χ4v) is 3.66. The number of hydrogen-bond donors (Lipinski definition) is 2. The maximum Gasteiger partial charge on any atom is 0.262 e. The Morgan fingerprint density at radius 2 is 2.18 bits per heavy atom. The van der Waals surface area contributed by atoms with E-state index in [1.54, 1.807) is 0 Å². The van der Waals surface area contributed by atoms with Crippen LogP contribution in [0.4, 0.5) is 0 Å². The van der Waals surface area contributed by atoms with Crippen molar-refractivity contribution in [2.24, 2.45) is 5.73 Å². The lowest BCUT2D eigenvalue weighted by Crippen LogP contribution is -2.46. The first-order valence-corrected chi connectivity index (χ1v) is 7.65. The highest BCUT2D eigenvalue weighted by molar-refractivity contribution is 9.10. The molecule has 0 bridgehead atoms. The predicted octanol–water partition coefficient (Wildman–Crippen LogP) is 2.90. The van der Waals surface area contributed by atoms with Crippen LogP contribution in [-0.4, -0.2) is 18.0 Å². The Morgan fingerprint density at radius 1 is 1.41 bits per heavy atom. The van der Waals surface area contributed by atoms with Gasteiger partial charge in [0.15, 0.2) is 0 Å². The first-order chi connectivity index (χ1) is 8.18. The van der Waals surface area contributed by atoms with Gasteiger partial charge in [-0.1, -0.05) is 19.3 Å². The monoisotopic (exact) mass is 316 g/mol. The summed E-state index contributed by atoms with van der Waals surface area (Å²) in [5.41, 5.74) is 6.10. The fraction of sp³-hybridized carbons (Fsp3) is 0.583. The minimum Gasteiger partial charge on any atom is -0.347 e. The molecule has 1 aliphatic carbocycles. The van der Waals surface area contributed by atoms with E-state index in [0.29, 0.717) is 0 Å². The van der Waals surface area contributed by atoms with Crippen LogP contribution in [0.2, 0.25) is 0 Å². The summed E-state index contributed by atoms with van der Waals surface area (Å²) in [6, 6.07) is 2.12. The maximum atomic E-state index is 12.1. The molecule has 3 N–H and O–H groups in total. The molecule has 2 unspecified atom stereocenters. The second kappa shape index (κ2) is 5.98. The molecule has 1 saturated carbocycles. The molecule has 2 rings (SSSR count). The average molecular weight is 317 g/mol. The van der Waals surface area contributed by atoms with Crippen LogP contribution >= 0.6 is 27.3 Å². The van der Waals surface area contributed by atoms with Crippen LogP contribution in [0.3, 0.4) is 0 Å². The Kier molecular flexibility index (Phi) is 4.59. The molecule has 17 heavy (non-hydrogen) atoms. The van der Waals surface area contributed by atoms with Gasteiger partial charge >= 0.3 is 0 Å². The van der Waals surface area contributed by atoms with Crippen LogP contribution in [0.5, 0.6) is 0 Å². The SMILES string of the molecule is NC1CCCCCC1NC(=O)c1sccc1Br. The predicted molar refractivity (Wildman–Crippen MR) is 74.3 cm³/mol. The molecular weight excluding hydrogens is 300 g/mol. The molecule has 3 nitrogen and oxygen atoms in total. The van der Waals surface area contributed by atoms with Gasteiger partial charge in [0.2, 0.25) is 0 Å². The molecule has 1 amide bonds. The lowest BCUT2D eigenvalue weighted by Gasteiger charge is -2.22. The third-order valence-electron chi connectivity index (χ3n) is 3.21. The Morgan fingerprint density at radius 3 is 2.88 bits per heavy atom. The van der Waals surface area contributed by atoms with E-state index < -0.39 is 0 Å². The van der Waals surface area contributed by atoms with E-state index in [1.165, 1.54) is 24.2 Å². The number of rotatable bonds is 2. The van der Waals surface area contributed by atoms with Gasteiger partial charge in [-0.2, -0.15) is 0 Å². The summed E-state index contributed by atoms with van der Waals surface area (Å²) in [5, 5.41) is 4.98. The van der Waals surface area contributed by atoms with E-state index in [1.807, 2.05) is 11.4 Å².